The molecule has 1 aromatic carbocycles. The molecule has 1 aliphatic rings. The highest BCUT2D eigenvalue weighted by Gasteiger charge is 2.51. The van der Waals surface area contributed by atoms with E-state index in [0.29, 0.717) is 0 Å². The maximum atomic E-state index is 11.3. The summed E-state index contributed by atoms with van der Waals surface area (Å²) in [6, 6.07) is 12.2. The fourth-order valence-corrected chi connectivity index (χ4v) is 3.08. The first-order valence-corrected chi connectivity index (χ1v) is 6.94. The Bertz CT molecular complexity index is 568. The minimum atomic E-state index is -0.684. The van der Waals surface area contributed by atoms with Gasteiger partial charge in [0.25, 0.3) is 0 Å². The largest absolute Gasteiger partial charge is 0.481 e. The molecule has 1 N–H and O–H groups in total. The van der Waals surface area contributed by atoms with E-state index >= 15 is 0 Å². The Labute approximate surface area is 110 Å². The van der Waals surface area contributed by atoms with Crippen molar-refractivity contribution >= 4 is 17.3 Å². The quantitative estimate of drug-likeness (QED) is 0.912. The van der Waals surface area contributed by atoms with Crippen LogP contribution in [0.25, 0.3) is 0 Å². The molecule has 1 fully saturated rings. The number of hydrogen-bond acceptors (Lipinski definition) is 2. The van der Waals surface area contributed by atoms with E-state index in [1.807, 2.05) is 18.2 Å². The summed E-state index contributed by atoms with van der Waals surface area (Å²) in [6.07, 6.45) is 2.43. The van der Waals surface area contributed by atoms with Crippen LogP contribution in [-0.2, 0) is 16.6 Å². The molecule has 92 valence electrons. The number of hydrogen-bond donors (Lipinski definition) is 1. The van der Waals surface area contributed by atoms with Crippen molar-refractivity contribution in [1.29, 1.82) is 0 Å². The summed E-state index contributed by atoms with van der Waals surface area (Å²) >= 11 is 1.74. The van der Waals surface area contributed by atoms with E-state index in [0.717, 1.165) is 24.8 Å². The fourth-order valence-electron chi connectivity index (χ4n) is 2.34. The Morgan fingerprint density at radius 3 is 2.72 bits per heavy atom. The lowest BCUT2D eigenvalue weighted by Crippen LogP contribution is -2.19. The maximum Gasteiger partial charge on any atom is 0.314 e. The van der Waals surface area contributed by atoms with Crippen molar-refractivity contribution in [3.05, 3.63) is 57.8 Å². The average molecular weight is 258 g/mol. The number of carboxylic acid groups (broad SMARTS) is 1. The summed E-state index contributed by atoms with van der Waals surface area (Å²) in [4.78, 5) is 12.6. The van der Waals surface area contributed by atoms with Crippen LogP contribution >= 0.6 is 11.3 Å². The number of thiophene rings is 1. The highest BCUT2D eigenvalue weighted by atomic mass is 32.1. The summed E-state index contributed by atoms with van der Waals surface area (Å²) in [5, 5.41) is 11.4. The van der Waals surface area contributed by atoms with Crippen LogP contribution in [0.3, 0.4) is 0 Å². The first-order valence-electron chi connectivity index (χ1n) is 6.06. The van der Waals surface area contributed by atoms with Gasteiger partial charge >= 0.3 is 5.97 Å². The third-order valence-corrected chi connectivity index (χ3v) is 4.47. The standard InChI is InChI=1S/C15H14O2S/c16-14(17)15(6-7-15)12-4-1-3-11(9-12)10-13-5-2-8-18-13/h1-5,8-9H,6-7,10H2,(H,16,17). The summed E-state index contributed by atoms with van der Waals surface area (Å²) in [6.45, 7) is 0. The molecule has 0 saturated heterocycles. The molecule has 1 heterocycles. The van der Waals surface area contributed by atoms with E-state index in [-0.39, 0.29) is 0 Å². The van der Waals surface area contributed by atoms with Gasteiger partial charge < -0.3 is 5.11 Å². The van der Waals surface area contributed by atoms with Gasteiger partial charge in [0.1, 0.15) is 0 Å². The third-order valence-electron chi connectivity index (χ3n) is 3.60. The first kappa shape index (κ1) is 11.5. The minimum Gasteiger partial charge on any atom is -0.481 e. The third kappa shape index (κ3) is 1.95. The molecule has 0 spiro atoms. The second kappa shape index (κ2) is 4.25. The van der Waals surface area contributed by atoms with Gasteiger partial charge in [0.2, 0.25) is 0 Å². The fraction of sp³-hybridized carbons (Fsp3) is 0.267. The van der Waals surface area contributed by atoms with Gasteiger partial charge in [0, 0.05) is 11.3 Å². The van der Waals surface area contributed by atoms with E-state index in [4.69, 9.17) is 0 Å². The lowest BCUT2D eigenvalue weighted by Gasteiger charge is -2.11. The Balaban J connectivity index is 1.88. The van der Waals surface area contributed by atoms with Gasteiger partial charge in [-0.15, -0.1) is 11.3 Å². The number of carboxylic acids is 1. The number of rotatable bonds is 4. The van der Waals surface area contributed by atoms with Crippen LogP contribution in [0.5, 0.6) is 0 Å². The van der Waals surface area contributed by atoms with Gasteiger partial charge in [-0.05, 0) is 35.4 Å². The van der Waals surface area contributed by atoms with Gasteiger partial charge in [0.05, 0.1) is 5.41 Å². The molecule has 3 rings (SSSR count). The van der Waals surface area contributed by atoms with Crippen molar-refractivity contribution in [3.63, 3.8) is 0 Å². The Kier molecular flexibility index (Phi) is 2.71. The average Bonchev–Trinajstić information content (AvgIpc) is 3.04. The summed E-state index contributed by atoms with van der Waals surface area (Å²) < 4.78 is 0. The topological polar surface area (TPSA) is 37.3 Å². The maximum absolute atomic E-state index is 11.3. The molecule has 18 heavy (non-hydrogen) atoms. The Morgan fingerprint density at radius 2 is 2.11 bits per heavy atom. The molecule has 1 saturated carbocycles. The molecular formula is C15H14O2S. The normalized spacial score (nSPS) is 16.4. The van der Waals surface area contributed by atoms with E-state index in [9.17, 15) is 9.90 Å². The van der Waals surface area contributed by atoms with Crippen LogP contribution < -0.4 is 0 Å². The molecule has 2 aromatic rings. The number of carbonyl (C=O) groups is 1. The summed E-state index contributed by atoms with van der Waals surface area (Å²) in [7, 11) is 0. The molecule has 0 bridgehead atoms. The lowest BCUT2D eigenvalue weighted by molar-refractivity contribution is -0.140. The van der Waals surface area contributed by atoms with Crippen LogP contribution in [0.15, 0.2) is 41.8 Å². The highest BCUT2D eigenvalue weighted by Crippen LogP contribution is 2.48. The van der Waals surface area contributed by atoms with Crippen LogP contribution in [-0.4, -0.2) is 11.1 Å². The molecule has 0 amide bonds. The number of benzene rings is 1. The summed E-state index contributed by atoms with van der Waals surface area (Å²) in [5.41, 5.74) is 1.57. The van der Waals surface area contributed by atoms with Crippen LogP contribution in [0.2, 0.25) is 0 Å². The molecule has 0 radical (unpaired) electrons. The van der Waals surface area contributed by atoms with Crippen molar-refractivity contribution in [3.8, 4) is 0 Å². The summed E-state index contributed by atoms with van der Waals surface area (Å²) in [5.74, 6) is -0.684. The predicted octanol–water partition coefficient (Wildman–Crippen LogP) is 3.46. The SMILES string of the molecule is O=C(O)C1(c2cccc(Cc3cccs3)c2)CC1. The minimum absolute atomic E-state index is 0.592. The zero-order valence-electron chi connectivity index (χ0n) is 9.93. The zero-order valence-corrected chi connectivity index (χ0v) is 10.7. The van der Waals surface area contributed by atoms with Crippen molar-refractivity contribution in [2.45, 2.75) is 24.7 Å². The molecule has 1 aliphatic carbocycles. The van der Waals surface area contributed by atoms with Crippen LogP contribution in [0.4, 0.5) is 0 Å². The molecular weight excluding hydrogens is 244 g/mol. The highest BCUT2D eigenvalue weighted by molar-refractivity contribution is 7.09. The van der Waals surface area contributed by atoms with Crippen LogP contribution in [0, 0.1) is 0 Å². The van der Waals surface area contributed by atoms with Gasteiger partial charge in [-0.3, -0.25) is 4.79 Å². The van der Waals surface area contributed by atoms with Gasteiger partial charge in [-0.1, -0.05) is 30.3 Å². The molecule has 1 aromatic heterocycles. The van der Waals surface area contributed by atoms with Crippen molar-refractivity contribution < 1.29 is 9.90 Å². The molecule has 0 aliphatic heterocycles. The van der Waals surface area contributed by atoms with E-state index in [1.54, 1.807) is 11.3 Å². The van der Waals surface area contributed by atoms with Crippen molar-refractivity contribution in [2.75, 3.05) is 0 Å². The second-order valence-corrected chi connectivity index (χ2v) is 5.88. The lowest BCUT2D eigenvalue weighted by atomic mass is 9.94. The molecule has 0 unspecified atom stereocenters. The Morgan fingerprint density at radius 1 is 1.28 bits per heavy atom. The van der Waals surface area contributed by atoms with Crippen molar-refractivity contribution in [1.82, 2.24) is 0 Å². The smallest absolute Gasteiger partial charge is 0.314 e. The van der Waals surface area contributed by atoms with Gasteiger partial charge in [0.15, 0.2) is 0 Å². The predicted molar refractivity (Wildman–Crippen MR) is 72.1 cm³/mol. The van der Waals surface area contributed by atoms with E-state index < -0.39 is 11.4 Å². The monoisotopic (exact) mass is 258 g/mol. The molecule has 3 heteroatoms. The Hall–Kier alpha value is -1.61. The van der Waals surface area contributed by atoms with E-state index in [2.05, 4.69) is 23.6 Å². The van der Waals surface area contributed by atoms with Crippen molar-refractivity contribution in [2.24, 2.45) is 0 Å². The first-order chi connectivity index (χ1) is 8.71. The second-order valence-electron chi connectivity index (χ2n) is 4.84. The molecule has 2 nitrogen and oxygen atoms in total. The number of aliphatic carboxylic acids is 1. The molecule has 0 atom stereocenters. The van der Waals surface area contributed by atoms with Gasteiger partial charge in [-0.25, -0.2) is 0 Å². The van der Waals surface area contributed by atoms with Gasteiger partial charge in [-0.2, -0.15) is 0 Å². The van der Waals surface area contributed by atoms with E-state index in [1.165, 1.54) is 10.4 Å². The van der Waals surface area contributed by atoms with Crippen LogP contribution in [0.1, 0.15) is 28.8 Å². The zero-order chi connectivity index (χ0) is 12.6.